The molecule has 0 spiro atoms. The zero-order valence-electron chi connectivity index (χ0n) is 11.3. The Morgan fingerprint density at radius 1 is 1.52 bits per heavy atom. The van der Waals surface area contributed by atoms with Gasteiger partial charge in [0.1, 0.15) is 0 Å². The van der Waals surface area contributed by atoms with Crippen molar-refractivity contribution >= 4 is 39.7 Å². The smallest absolute Gasteiger partial charge is 0.261 e. The monoisotopic (exact) mass is 355 g/mol. The van der Waals surface area contributed by atoms with Crippen LogP contribution in [-0.2, 0) is 10.0 Å². The quantitative estimate of drug-likeness (QED) is 0.563. The number of hydrogen-bond acceptors (Lipinski definition) is 6. The Hall–Kier alpha value is -0.710. The Morgan fingerprint density at radius 3 is 2.81 bits per heavy atom. The molecule has 1 saturated heterocycles. The molecule has 1 aliphatic rings. The number of sulfonamides is 1. The van der Waals surface area contributed by atoms with Gasteiger partial charge in [0.05, 0.1) is 15.9 Å². The summed E-state index contributed by atoms with van der Waals surface area (Å²) in [5.41, 5.74) is 0. The lowest BCUT2D eigenvalue weighted by Gasteiger charge is -2.13. The molecule has 1 aliphatic heterocycles. The Bertz CT molecular complexity index is 590. The predicted octanol–water partition coefficient (Wildman–Crippen LogP) is -0.612. The molecule has 120 valence electrons. The third-order valence-corrected chi connectivity index (χ3v) is 5.68. The van der Waals surface area contributed by atoms with Crippen LogP contribution in [0.1, 0.15) is 9.67 Å². The van der Waals surface area contributed by atoms with Crippen molar-refractivity contribution in [2.24, 2.45) is 5.92 Å². The summed E-state index contributed by atoms with van der Waals surface area (Å²) >= 11 is 1.07. The average molecular weight is 356 g/mol. The molecule has 1 fully saturated rings. The van der Waals surface area contributed by atoms with Crippen LogP contribution in [0.25, 0.3) is 0 Å². The zero-order chi connectivity index (χ0) is 14.8. The number of nitrogens with one attached hydrogen (secondary N) is 3. The number of hydrogen-bond donors (Lipinski definition) is 4. The van der Waals surface area contributed by atoms with Crippen molar-refractivity contribution in [3.05, 3.63) is 16.3 Å². The third-order valence-electron chi connectivity index (χ3n) is 3.21. The van der Waals surface area contributed by atoms with Crippen molar-refractivity contribution in [2.75, 3.05) is 26.7 Å². The summed E-state index contributed by atoms with van der Waals surface area (Å²) < 4.78 is 25.3. The Kier molecular flexibility index (Phi) is 6.57. The van der Waals surface area contributed by atoms with Gasteiger partial charge in [-0.15, -0.1) is 23.7 Å². The minimum atomic E-state index is -3.52. The number of rotatable bonds is 5. The summed E-state index contributed by atoms with van der Waals surface area (Å²) in [6, 6.07) is 1.34. The fraction of sp³-hybridized carbons (Fsp3) is 0.545. The maximum Gasteiger partial charge on any atom is 0.261 e. The lowest BCUT2D eigenvalue weighted by molar-refractivity contribution is 0.0931. The lowest BCUT2D eigenvalue weighted by atomic mass is 10.1. The molecule has 2 rings (SSSR count). The van der Waals surface area contributed by atoms with E-state index in [1.165, 1.54) is 18.5 Å². The van der Waals surface area contributed by atoms with Gasteiger partial charge >= 0.3 is 0 Å². The highest BCUT2D eigenvalue weighted by molar-refractivity contribution is 7.89. The second kappa shape index (κ2) is 7.52. The van der Waals surface area contributed by atoms with Crippen molar-refractivity contribution < 1.29 is 18.3 Å². The van der Waals surface area contributed by atoms with Crippen molar-refractivity contribution in [3.63, 3.8) is 0 Å². The molecule has 0 bridgehead atoms. The second-order valence-electron chi connectivity index (χ2n) is 4.55. The lowest BCUT2D eigenvalue weighted by Crippen LogP contribution is -2.34. The minimum Gasteiger partial charge on any atom is -0.391 e. The first-order valence-electron chi connectivity index (χ1n) is 6.13. The van der Waals surface area contributed by atoms with Crippen molar-refractivity contribution in [3.8, 4) is 0 Å². The van der Waals surface area contributed by atoms with Gasteiger partial charge in [-0.25, -0.2) is 13.1 Å². The molecule has 0 saturated carbocycles. The molecular formula is C11H18ClN3O4S2. The first kappa shape index (κ1) is 18.3. The van der Waals surface area contributed by atoms with E-state index in [0.717, 1.165) is 11.3 Å². The van der Waals surface area contributed by atoms with Crippen LogP contribution in [0.4, 0.5) is 0 Å². The summed E-state index contributed by atoms with van der Waals surface area (Å²) in [6.45, 7) is 1.55. The molecule has 7 nitrogen and oxygen atoms in total. The molecule has 1 aromatic rings. The number of halogens is 1. The van der Waals surface area contributed by atoms with Crippen LogP contribution in [-0.4, -0.2) is 52.2 Å². The van der Waals surface area contributed by atoms with E-state index in [4.69, 9.17) is 0 Å². The molecule has 1 aromatic heterocycles. The van der Waals surface area contributed by atoms with E-state index in [2.05, 4.69) is 15.4 Å². The van der Waals surface area contributed by atoms with Gasteiger partial charge in [-0.2, -0.15) is 0 Å². The van der Waals surface area contributed by atoms with Crippen molar-refractivity contribution in [1.82, 2.24) is 15.4 Å². The van der Waals surface area contributed by atoms with Gasteiger partial charge in [0.25, 0.3) is 5.91 Å². The molecule has 10 heteroatoms. The van der Waals surface area contributed by atoms with Gasteiger partial charge in [-0.1, -0.05) is 0 Å². The third kappa shape index (κ3) is 4.38. The van der Waals surface area contributed by atoms with Crippen LogP contribution in [0.3, 0.4) is 0 Å². The summed E-state index contributed by atoms with van der Waals surface area (Å²) in [5, 5.41) is 16.8. The topological polar surface area (TPSA) is 108 Å². The molecule has 2 heterocycles. The zero-order valence-corrected chi connectivity index (χ0v) is 13.8. The van der Waals surface area contributed by atoms with Gasteiger partial charge in [0.15, 0.2) is 0 Å². The standard InChI is InChI=1S/C11H17N3O4S2.ClH/c1-12-20(17,18)8-2-10(19-6-8)11(16)14-4-7-3-13-5-9(7)15;/h2,6-7,9,12-13,15H,3-5H2,1H3,(H,14,16);1H. The molecule has 4 N–H and O–H groups in total. The van der Waals surface area contributed by atoms with Gasteiger partial charge in [0, 0.05) is 30.9 Å². The fourth-order valence-corrected chi connectivity index (χ4v) is 3.85. The Morgan fingerprint density at radius 2 is 2.24 bits per heavy atom. The fourth-order valence-electron chi connectivity index (χ4n) is 1.94. The van der Waals surface area contributed by atoms with Crippen LogP contribution in [0.2, 0.25) is 0 Å². The largest absolute Gasteiger partial charge is 0.391 e. The van der Waals surface area contributed by atoms with Gasteiger partial charge in [0.2, 0.25) is 10.0 Å². The summed E-state index contributed by atoms with van der Waals surface area (Å²) in [5.74, 6) is -0.342. The molecular weight excluding hydrogens is 338 g/mol. The van der Waals surface area contributed by atoms with Crippen LogP contribution in [0.5, 0.6) is 0 Å². The minimum absolute atomic E-state index is 0. The number of amides is 1. The number of thiophene rings is 1. The first-order chi connectivity index (χ1) is 9.44. The molecule has 0 radical (unpaired) electrons. The highest BCUT2D eigenvalue weighted by Gasteiger charge is 2.25. The predicted molar refractivity (Wildman–Crippen MR) is 82.5 cm³/mol. The number of aliphatic hydroxyl groups excluding tert-OH is 1. The van der Waals surface area contributed by atoms with E-state index >= 15 is 0 Å². The maximum atomic E-state index is 11.9. The summed E-state index contributed by atoms with van der Waals surface area (Å²) in [4.78, 5) is 12.3. The van der Waals surface area contributed by atoms with Crippen LogP contribution in [0.15, 0.2) is 16.3 Å². The number of β-amino-alcohol motifs (C(OH)–C–C–N with tert-alkyl or cyclic N) is 1. The molecule has 2 unspecified atom stereocenters. The normalized spacial score (nSPS) is 21.8. The van der Waals surface area contributed by atoms with Gasteiger partial charge < -0.3 is 15.7 Å². The second-order valence-corrected chi connectivity index (χ2v) is 7.35. The van der Waals surface area contributed by atoms with E-state index < -0.39 is 16.1 Å². The van der Waals surface area contributed by atoms with E-state index in [0.29, 0.717) is 24.5 Å². The maximum absolute atomic E-state index is 11.9. The Labute approximate surface area is 133 Å². The highest BCUT2D eigenvalue weighted by atomic mass is 35.5. The van der Waals surface area contributed by atoms with Crippen molar-refractivity contribution in [1.29, 1.82) is 0 Å². The molecule has 0 aromatic carbocycles. The highest BCUT2D eigenvalue weighted by Crippen LogP contribution is 2.19. The van der Waals surface area contributed by atoms with Gasteiger partial charge in [-0.05, 0) is 13.1 Å². The first-order valence-corrected chi connectivity index (χ1v) is 8.49. The molecule has 2 atom stereocenters. The van der Waals surface area contributed by atoms with Crippen LogP contribution >= 0.6 is 23.7 Å². The van der Waals surface area contributed by atoms with Gasteiger partial charge in [-0.3, -0.25) is 4.79 Å². The number of carbonyl (C=O) groups excluding carboxylic acids is 1. The summed E-state index contributed by atoms with van der Waals surface area (Å²) in [6.07, 6.45) is -0.459. The Balaban J connectivity index is 0.00000220. The average Bonchev–Trinajstić information content (AvgIpc) is 3.05. The summed E-state index contributed by atoms with van der Waals surface area (Å²) in [7, 11) is -2.20. The van der Waals surface area contributed by atoms with E-state index in [1.807, 2.05) is 0 Å². The van der Waals surface area contributed by atoms with E-state index in [-0.39, 0.29) is 29.1 Å². The van der Waals surface area contributed by atoms with E-state index in [9.17, 15) is 18.3 Å². The van der Waals surface area contributed by atoms with E-state index in [1.54, 1.807) is 0 Å². The molecule has 0 aliphatic carbocycles. The van der Waals surface area contributed by atoms with Crippen LogP contribution in [0, 0.1) is 5.92 Å². The number of aliphatic hydroxyl groups is 1. The molecule has 21 heavy (non-hydrogen) atoms. The van der Waals surface area contributed by atoms with Crippen LogP contribution < -0.4 is 15.4 Å². The molecule has 1 amide bonds. The SMILES string of the molecule is CNS(=O)(=O)c1csc(C(=O)NCC2CNCC2O)c1.Cl. The van der Waals surface area contributed by atoms with Crippen molar-refractivity contribution in [2.45, 2.75) is 11.0 Å². The number of carbonyl (C=O) groups is 1.